The quantitative estimate of drug-likeness (QED) is 0.824. The molecule has 1 aromatic carbocycles. The molecule has 18 heavy (non-hydrogen) atoms. The van der Waals surface area contributed by atoms with Crippen LogP contribution < -0.4 is 0 Å². The fourth-order valence-electron chi connectivity index (χ4n) is 1.94. The minimum absolute atomic E-state index is 0.122. The van der Waals surface area contributed by atoms with Crippen molar-refractivity contribution in [2.75, 3.05) is 7.11 Å². The zero-order chi connectivity index (χ0) is 13.2. The van der Waals surface area contributed by atoms with E-state index in [4.69, 9.17) is 10.00 Å². The van der Waals surface area contributed by atoms with E-state index >= 15 is 0 Å². The number of methoxy groups -OCH3 is 1. The van der Waals surface area contributed by atoms with E-state index in [1.54, 1.807) is 7.11 Å². The van der Waals surface area contributed by atoms with Crippen LogP contribution in [0.5, 0.6) is 0 Å². The summed E-state index contributed by atoms with van der Waals surface area (Å²) in [6.45, 7) is 5.05. The van der Waals surface area contributed by atoms with Crippen molar-refractivity contribution in [1.29, 1.82) is 5.26 Å². The molecule has 0 amide bonds. The number of nitriles is 1. The zero-order valence-corrected chi connectivity index (χ0v) is 11.1. The molecule has 0 aliphatic heterocycles. The van der Waals surface area contributed by atoms with Gasteiger partial charge in [0.1, 0.15) is 0 Å². The molecule has 94 valence electrons. The number of hydrogen-bond donors (Lipinski definition) is 0. The van der Waals surface area contributed by atoms with E-state index in [9.17, 15) is 0 Å². The van der Waals surface area contributed by atoms with Crippen LogP contribution in [0.3, 0.4) is 0 Å². The Bertz CT molecular complexity index is 590. The number of aromatic nitrogens is 1. The summed E-state index contributed by atoms with van der Waals surface area (Å²) >= 11 is 0. The van der Waals surface area contributed by atoms with Crippen molar-refractivity contribution in [3.8, 4) is 6.07 Å². The number of ether oxygens (including phenoxy) is 1. The van der Waals surface area contributed by atoms with Gasteiger partial charge in [-0.2, -0.15) is 5.26 Å². The van der Waals surface area contributed by atoms with Gasteiger partial charge in [0.15, 0.2) is 0 Å². The lowest BCUT2D eigenvalue weighted by Gasteiger charge is -2.23. The smallest absolute Gasteiger partial charge is 0.0992 e. The van der Waals surface area contributed by atoms with E-state index in [2.05, 4.69) is 36.7 Å². The second kappa shape index (κ2) is 4.83. The molecular formula is C15H18N2O. The molecule has 0 unspecified atom stereocenters. The highest BCUT2D eigenvalue weighted by Gasteiger charge is 2.16. The molecule has 1 aromatic heterocycles. The minimum Gasteiger partial charge on any atom is -0.379 e. The van der Waals surface area contributed by atoms with Gasteiger partial charge in [0.25, 0.3) is 0 Å². The van der Waals surface area contributed by atoms with Gasteiger partial charge in [-0.3, -0.25) is 0 Å². The first-order valence-electron chi connectivity index (χ1n) is 6.10. The second-order valence-corrected chi connectivity index (χ2v) is 5.11. The highest BCUT2D eigenvalue weighted by molar-refractivity contribution is 5.81. The van der Waals surface area contributed by atoms with Crippen molar-refractivity contribution in [1.82, 2.24) is 4.57 Å². The van der Waals surface area contributed by atoms with E-state index in [0.29, 0.717) is 5.56 Å². The highest BCUT2D eigenvalue weighted by atomic mass is 16.5. The van der Waals surface area contributed by atoms with Crippen molar-refractivity contribution < 1.29 is 4.74 Å². The Labute approximate surface area is 108 Å². The van der Waals surface area contributed by atoms with Crippen LogP contribution >= 0.6 is 0 Å². The van der Waals surface area contributed by atoms with Crippen LogP contribution in [0.2, 0.25) is 0 Å². The Morgan fingerprint density at radius 1 is 1.33 bits per heavy atom. The van der Waals surface area contributed by atoms with Gasteiger partial charge in [-0.15, -0.1) is 0 Å². The number of nitrogens with zero attached hydrogens (tertiary/aromatic N) is 2. The Hall–Kier alpha value is -1.79. The molecule has 0 saturated carbocycles. The molecule has 0 radical (unpaired) electrons. The normalized spacial score (nSPS) is 11.7. The molecule has 0 N–H and O–H groups in total. The van der Waals surface area contributed by atoms with Gasteiger partial charge in [-0.25, -0.2) is 0 Å². The molecule has 0 fully saturated rings. The number of aryl methyl sites for hydroxylation is 1. The largest absolute Gasteiger partial charge is 0.379 e. The van der Waals surface area contributed by atoms with Gasteiger partial charge in [-0.05, 0) is 43.9 Å². The van der Waals surface area contributed by atoms with Crippen molar-refractivity contribution in [2.24, 2.45) is 0 Å². The average molecular weight is 242 g/mol. The lowest BCUT2D eigenvalue weighted by molar-refractivity contribution is 0.0123. The maximum atomic E-state index is 8.94. The van der Waals surface area contributed by atoms with Crippen LogP contribution in [0.1, 0.15) is 25.8 Å². The Balaban J connectivity index is 2.26. The van der Waals surface area contributed by atoms with Gasteiger partial charge in [0.2, 0.25) is 0 Å². The Morgan fingerprint density at radius 3 is 2.78 bits per heavy atom. The molecule has 3 heteroatoms. The maximum Gasteiger partial charge on any atom is 0.0992 e. The highest BCUT2D eigenvalue weighted by Crippen LogP contribution is 2.20. The van der Waals surface area contributed by atoms with Gasteiger partial charge in [0.05, 0.1) is 17.2 Å². The summed E-state index contributed by atoms with van der Waals surface area (Å²) in [7, 11) is 1.74. The van der Waals surface area contributed by atoms with E-state index in [1.807, 2.05) is 18.2 Å². The number of benzene rings is 1. The fraction of sp³-hybridized carbons (Fsp3) is 0.400. The molecule has 0 atom stereocenters. The fourth-order valence-corrected chi connectivity index (χ4v) is 1.94. The van der Waals surface area contributed by atoms with Crippen LogP contribution in [0.4, 0.5) is 0 Å². The third kappa shape index (κ3) is 2.55. The molecule has 0 bridgehead atoms. The lowest BCUT2D eigenvalue weighted by Crippen LogP contribution is -2.24. The van der Waals surface area contributed by atoms with E-state index < -0.39 is 0 Å². The van der Waals surface area contributed by atoms with Crippen molar-refractivity contribution in [2.45, 2.75) is 32.4 Å². The van der Waals surface area contributed by atoms with Crippen molar-refractivity contribution >= 4 is 10.9 Å². The topological polar surface area (TPSA) is 38.0 Å². The van der Waals surface area contributed by atoms with Crippen LogP contribution in [-0.4, -0.2) is 17.3 Å². The summed E-state index contributed by atoms with van der Waals surface area (Å²) < 4.78 is 7.60. The standard InChI is InChI=1S/C15H18N2O/c1-15(2,18-3)7-9-17-8-6-13-5-4-12(11-16)10-14(13)17/h4-6,8,10H,7,9H2,1-3H3. The monoisotopic (exact) mass is 242 g/mol. The van der Waals surface area contributed by atoms with Crippen LogP contribution in [0.25, 0.3) is 10.9 Å². The van der Waals surface area contributed by atoms with Gasteiger partial charge in [-0.1, -0.05) is 6.07 Å². The van der Waals surface area contributed by atoms with Gasteiger partial charge in [0, 0.05) is 25.4 Å². The molecule has 2 rings (SSSR count). The molecule has 0 spiro atoms. The summed E-state index contributed by atoms with van der Waals surface area (Å²) in [4.78, 5) is 0. The molecular weight excluding hydrogens is 224 g/mol. The Morgan fingerprint density at radius 2 is 2.11 bits per heavy atom. The summed E-state index contributed by atoms with van der Waals surface area (Å²) in [6.07, 6.45) is 3.00. The molecule has 0 aliphatic rings. The van der Waals surface area contributed by atoms with Gasteiger partial charge >= 0.3 is 0 Å². The number of hydrogen-bond acceptors (Lipinski definition) is 2. The molecule has 1 heterocycles. The Kier molecular flexibility index (Phi) is 3.40. The molecule has 2 aromatic rings. The SMILES string of the molecule is COC(C)(C)CCn1ccc2ccc(C#N)cc21. The van der Waals surface area contributed by atoms with Crippen LogP contribution in [0.15, 0.2) is 30.5 Å². The van der Waals surface area contributed by atoms with Crippen molar-refractivity contribution in [3.05, 3.63) is 36.0 Å². The molecule has 0 saturated heterocycles. The lowest BCUT2D eigenvalue weighted by atomic mass is 10.1. The maximum absolute atomic E-state index is 8.94. The van der Waals surface area contributed by atoms with Crippen molar-refractivity contribution in [3.63, 3.8) is 0 Å². The summed E-state index contributed by atoms with van der Waals surface area (Å²) in [6, 6.07) is 10.0. The third-order valence-electron chi connectivity index (χ3n) is 3.41. The molecule has 0 aliphatic carbocycles. The molecule has 3 nitrogen and oxygen atoms in total. The average Bonchev–Trinajstić information content (AvgIpc) is 2.78. The minimum atomic E-state index is -0.122. The second-order valence-electron chi connectivity index (χ2n) is 5.11. The van der Waals surface area contributed by atoms with E-state index in [1.165, 1.54) is 5.39 Å². The van der Waals surface area contributed by atoms with E-state index in [-0.39, 0.29) is 5.60 Å². The zero-order valence-electron chi connectivity index (χ0n) is 11.1. The predicted octanol–water partition coefficient (Wildman–Crippen LogP) is 3.33. The first-order valence-corrected chi connectivity index (χ1v) is 6.10. The first-order chi connectivity index (χ1) is 8.55. The first kappa shape index (κ1) is 12.7. The van der Waals surface area contributed by atoms with Crippen LogP contribution in [0, 0.1) is 11.3 Å². The number of rotatable bonds is 4. The van der Waals surface area contributed by atoms with Gasteiger partial charge < -0.3 is 9.30 Å². The van der Waals surface area contributed by atoms with E-state index in [0.717, 1.165) is 18.5 Å². The predicted molar refractivity (Wildman–Crippen MR) is 72.4 cm³/mol. The van der Waals surface area contributed by atoms with Crippen LogP contribution in [-0.2, 0) is 11.3 Å². The number of fused-ring (bicyclic) bond motifs is 1. The summed E-state index contributed by atoms with van der Waals surface area (Å²) in [5, 5.41) is 10.1. The summed E-state index contributed by atoms with van der Waals surface area (Å²) in [5.74, 6) is 0. The summed E-state index contributed by atoms with van der Waals surface area (Å²) in [5.41, 5.74) is 1.69. The third-order valence-corrected chi connectivity index (χ3v) is 3.41.